The highest BCUT2D eigenvalue weighted by Crippen LogP contribution is 2.10. The van der Waals surface area contributed by atoms with E-state index in [1.807, 2.05) is 13.0 Å². The van der Waals surface area contributed by atoms with E-state index in [2.05, 4.69) is 5.32 Å². The highest BCUT2D eigenvalue weighted by atomic mass is 16.4. The summed E-state index contributed by atoms with van der Waals surface area (Å²) in [6.45, 7) is 2.58. The van der Waals surface area contributed by atoms with Crippen LogP contribution in [0.15, 0.2) is 11.6 Å². The first-order chi connectivity index (χ1) is 4.25. The SMILES string of the molecule is C/C=C1/CNC1C(=O)O. The standard InChI is InChI=1S/C6H9NO2/c1-2-4-3-7-5(4)6(8)9/h2,5,7H,3H2,1H3,(H,8,9)/b4-2-. The van der Waals surface area contributed by atoms with Crippen molar-refractivity contribution in [3.8, 4) is 0 Å². The van der Waals surface area contributed by atoms with Crippen LogP contribution in [0, 0.1) is 0 Å². The smallest absolute Gasteiger partial charge is 0.325 e. The van der Waals surface area contributed by atoms with Gasteiger partial charge < -0.3 is 5.11 Å². The summed E-state index contributed by atoms with van der Waals surface area (Å²) in [4.78, 5) is 10.2. The lowest BCUT2D eigenvalue weighted by atomic mass is 10.00. The van der Waals surface area contributed by atoms with Gasteiger partial charge in [-0.1, -0.05) is 6.08 Å². The van der Waals surface area contributed by atoms with Crippen molar-refractivity contribution in [1.29, 1.82) is 0 Å². The third-order valence-corrected chi connectivity index (χ3v) is 1.50. The largest absolute Gasteiger partial charge is 0.480 e. The van der Waals surface area contributed by atoms with Crippen LogP contribution in [0.3, 0.4) is 0 Å². The molecule has 1 aliphatic rings. The first-order valence-electron chi connectivity index (χ1n) is 2.87. The summed E-state index contributed by atoms with van der Waals surface area (Å²) in [5, 5.41) is 11.2. The molecule has 1 heterocycles. The Balaban J connectivity index is 2.55. The molecular weight excluding hydrogens is 118 g/mol. The van der Waals surface area contributed by atoms with Gasteiger partial charge >= 0.3 is 5.97 Å². The van der Waals surface area contributed by atoms with Gasteiger partial charge in [-0.2, -0.15) is 0 Å². The van der Waals surface area contributed by atoms with E-state index in [0.717, 1.165) is 12.1 Å². The zero-order valence-electron chi connectivity index (χ0n) is 5.22. The van der Waals surface area contributed by atoms with Gasteiger partial charge in [0.2, 0.25) is 0 Å². The van der Waals surface area contributed by atoms with Crippen LogP contribution in [0.2, 0.25) is 0 Å². The maximum atomic E-state index is 10.2. The van der Waals surface area contributed by atoms with Gasteiger partial charge in [-0.15, -0.1) is 0 Å². The number of carboxylic acid groups (broad SMARTS) is 1. The van der Waals surface area contributed by atoms with Gasteiger partial charge in [0.25, 0.3) is 0 Å². The maximum absolute atomic E-state index is 10.2. The molecule has 0 bridgehead atoms. The molecule has 1 atom stereocenters. The average Bonchev–Trinajstić information content (AvgIpc) is 1.61. The zero-order chi connectivity index (χ0) is 6.85. The van der Waals surface area contributed by atoms with E-state index < -0.39 is 12.0 Å². The average molecular weight is 127 g/mol. The van der Waals surface area contributed by atoms with E-state index in [0.29, 0.717) is 0 Å². The number of hydrogen-bond donors (Lipinski definition) is 2. The van der Waals surface area contributed by atoms with Gasteiger partial charge in [0.1, 0.15) is 6.04 Å². The lowest BCUT2D eigenvalue weighted by Gasteiger charge is -2.27. The van der Waals surface area contributed by atoms with Crippen LogP contribution in [0.25, 0.3) is 0 Å². The van der Waals surface area contributed by atoms with Crippen LogP contribution in [-0.4, -0.2) is 23.7 Å². The first kappa shape index (κ1) is 6.29. The quantitative estimate of drug-likeness (QED) is 0.487. The van der Waals surface area contributed by atoms with Gasteiger partial charge in [-0.3, -0.25) is 10.1 Å². The minimum atomic E-state index is -0.783. The van der Waals surface area contributed by atoms with Gasteiger partial charge in [-0.05, 0) is 12.5 Å². The molecule has 0 aromatic carbocycles. The molecule has 3 nitrogen and oxygen atoms in total. The van der Waals surface area contributed by atoms with Gasteiger partial charge in [0, 0.05) is 6.54 Å². The monoisotopic (exact) mass is 127 g/mol. The molecule has 0 radical (unpaired) electrons. The molecule has 0 aromatic heterocycles. The summed E-state index contributed by atoms with van der Waals surface area (Å²) in [6, 6.07) is -0.407. The van der Waals surface area contributed by atoms with Crippen LogP contribution >= 0.6 is 0 Å². The Morgan fingerprint density at radius 3 is 2.78 bits per heavy atom. The molecule has 3 heteroatoms. The molecular formula is C6H9NO2. The second-order valence-corrected chi connectivity index (χ2v) is 2.02. The normalized spacial score (nSPS) is 29.9. The van der Waals surface area contributed by atoms with E-state index in [1.165, 1.54) is 0 Å². The van der Waals surface area contributed by atoms with Gasteiger partial charge in [0.15, 0.2) is 0 Å². The summed E-state index contributed by atoms with van der Waals surface area (Å²) in [5.74, 6) is -0.783. The van der Waals surface area contributed by atoms with Crippen molar-refractivity contribution in [3.05, 3.63) is 11.6 Å². The van der Waals surface area contributed by atoms with Crippen molar-refractivity contribution in [2.45, 2.75) is 13.0 Å². The number of aliphatic carboxylic acids is 1. The van der Waals surface area contributed by atoms with Crippen LogP contribution in [0.1, 0.15) is 6.92 Å². The molecule has 1 aliphatic heterocycles. The Labute approximate surface area is 53.4 Å². The molecule has 0 aliphatic carbocycles. The Bertz CT molecular complexity index is 162. The van der Waals surface area contributed by atoms with E-state index in [-0.39, 0.29) is 0 Å². The van der Waals surface area contributed by atoms with E-state index >= 15 is 0 Å². The molecule has 0 spiro atoms. The molecule has 0 aromatic rings. The third-order valence-electron chi connectivity index (χ3n) is 1.50. The summed E-state index contributed by atoms with van der Waals surface area (Å²) in [7, 11) is 0. The molecule has 1 rings (SSSR count). The molecule has 1 saturated heterocycles. The second-order valence-electron chi connectivity index (χ2n) is 2.02. The molecule has 2 N–H and O–H groups in total. The Hall–Kier alpha value is -0.830. The minimum absolute atomic E-state index is 0.407. The van der Waals surface area contributed by atoms with Gasteiger partial charge in [-0.25, -0.2) is 0 Å². The molecule has 0 amide bonds. The predicted molar refractivity (Wildman–Crippen MR) is 33.2 cm³/mol. The number of carbonyl (C=O) groups is 1. The van der Waals surface area contributed by atoms with Crippen molar-refractivity contribution < 1.29 is 9.90 Å². The van der Waals surface area contributed by atoms with Crippen LogP contribution in [0.4, 0.5) is 0 Å². The summed E-state index contributed by atoms with van der Waals surface area (Å²) >= 11 is 0. The second kappa shape index (κ2) is 2.19. The van der Waals surface area contributed by atoms with E-state index in [1.54, 1.807) is 0 Å². The van der Waals surface area contributed by atoms with Crippen LogP contribution in [-0.2, 0) is 4.79 Å². The van der Waals surface area contributed by atoms with Crippen LogP contribution in [0.5, 0.6) is 0 Å². The molecule has 1 fully saturated rings. The molecule has 9 heavy (non-hydrogen) atoms. The third kappa shape index (κ3) is 0.954. The number of allylic oxidation sites excluding steroid dienone is 1. The minimum Gasteiger partial charge on any atom is -0.480 e. The fourth-order valence-corrected chi connectivity index (χ4v) is 0.837. The maximum Gasteiger partial charge on any atom is 0.325 e. The first-order valence-corrected chi connectivity index (χ1v) is 2.87. The summed E-state index contributed by atoms with van der Waals surface area (Å²) in [5.41, 5.74) is 0.975. The van der Waals surface area contributed by atoms with Gasteiger partial charge in [0.05, 0.1) is 0 Å². The van der Waals surface area contributed by atoms with Crippen molar-refractivity contribution in [3.63, 3.8) is 0 Å². The fraction of sp³-hybridized carbons (Fsp3) is 0.500. The summed E-state index contributed by atoms with van der Waals surface area (Å²) in [6.07, 6.45) is 1.84. The zero-order valence-corrected chi connectivity index (χ0v) is 5.22. The Morgan fingerprint density at radius 1 is 2.00 bits per heavy atom. The highest BCUT2D eigenvalue weighted by Gasteiger charge is 2.28. The predicted octanol–water partition coefficient (Wildman–Crippen LogP) is -0.0109. The number of hydrogen-bond acceptors (Lipinski definition) is 2. The van der Waals surface area contributed by atoms with Crippen molar-refractivity contribution in [2.24, 2.45) is 0 Å². The molecule has 50 valence electrons. The van der Waals surface area contributed by atoms with E-state index in [4.69, 9.17) is 5.11 Å². The van der Waals surface area contributed by atoms with Crippen molar-refractivity contribution in [1.82, 2.24) is 5.32 Å². The summed E-state index contributed by atoms with van der Waals surface area (Å²) < 4.78 is 0. The Morgan fingerprint density at radius 2 is 2.67 bits per heavy atom. The number of rotatable bonds is 1. The van der Waals surface area contributed by atoms with Crippen molar-refractivity contribution in [2.75, 3.05) is 6.54 Å². The van der Waals surface area contributed by atoms with Crippen LogP contribution < -0.4 is 5.32 Å². The Kier molecular flexibility index (Phi) is 1.53. The number of carboxylic acids is 1. The van der Waals surface area contributed by atoms with E-state index in [9.17, 15) is 4.79 Å². The topological polar surface area (TPSA) is 49.3 Å². The molecule has 1 unspecified atom stereocenters. The van der Waals surface area contributed by atoms with Crippen molar-refractivity contribution >= 4 is 5.97 Å². The molecule has 0 saturated carbocycles. The lowest BCUT2D eigenvalue weighted by Crippen LogP contribution is -2.51. The lowest BCUT2D eigenvalue weighted by molar-refractivity contribution is -0.139. The fourth-order valence-electron chi connectivity index (χ4n) is 0.837. The highest BCUT2D eigenvalue weighted by molar-refractivity contribution is 5.79. The number of nitrogens with one attached hydrogen (secondary N) is 1.